The molecule has 0 bridgehead atoms. The molecular formula is C15H24N2O4S. The zero-order chi connectivity index (χ0) is 16.5. The average Bonchev–Trinajstić information content (AvgIpc) is 2.79. The number of rotatable bonds is 9. The first kappa shape index (κ1) is 18.5. The number of hydrogen-bond acceptors (Lipinski definition) is 6. The van der Waals surface area contributed by atoms with E-state index in [0.717, 1.165) is 23.7 Å². The number of nitrogens with zero attached hydrogens (tertiary/aromatic N) is 2. The SMILES string of the molecule is CCCC(=O)OCc1nc(SC)n(C)c1COC(=O)CCC. The number of carbonyl (C=O) groups excluding carboxylic acids is 2. The van der Waals surface area contributed by atoms with Crippen LogP contribution < -0.4 is 0 Å². The molecule has 0 atom stereocenters. The molecule has 124 valence electrons. The smallest absolute Gasteiger partial charge is 0.306 e. The Balaban J connectivity index is 2.77. The summed E-state index contributed by atoms with van der Waals surface area (Å²) in [5, 5.41) is 0.795. The molecule has 0 fully saturated rings. The molecule has 22 heavy (non-hydrogen) atoms. The molecule has 0 N–H and O–H groups in total. The highest BCUT2D eigenvalue weighted by atomic mass is 32.2. The molecule has 0 aliphatic rings. The maximum absolute atomic E-state index is 11.5. The van der Waals surface area contributed by atoms with Crippen LogP contribution in [0, 0.1) is 0 Å². The van der Waals surface area contributed by atoms with Crippen LogP contribution in [0.3, 0.4) is 0 Å². The molecule has 0 radical (unpaired) electrons. The molecule has 0 aliphatic heterocycles. The van der Waals surface area contributed by atoms with E-state index in [4.69, 9.17) is 9.47 Å². The lowest BCUT2D eigenvalue weighted by atomic mass is 10.3. The third-order valence-electron chi connectivity index (χ3n) is 3.09. The van der Waals surface area contributed by atoms with Gasteiger partial charge in [0, 0.05) is 19.9 Å². The van der Waals surface area contributed by atoms with Gasteiger partial charge in [-0.3, -0.25) is 9.59 Å². The third-order valence-corrected chi connectivity index (χ3v) is 3.82. The van der Waals surface area contributed by atoms with E-state index in [1.807, 2.05) is 31.7 Å². The highest BCUT2D eigenvalue weighted by molar-refractivity contribution is 7.98. The Bertz CT molecular complexity index is 514. The Morgan fingerprint density at radius 2 is 1.64 bits per heavy atom. The Morgan fingerprint density at radius 1 is 1.09 bits per heavy atom. The summed E-state index contributed by atoms with van der Waals surface area (Å²) in [7, 11) is 1.86. The summed E-state index contributed by atoms with van der Waals surface area (Å²) in [6.45, 7) is 4.10. The molecule has 1 rings (SSSR count). The second-order valence-electron chi connectivity index (χ2n) is 4.87. The Hall–Kier alpha value is -1.50. The number of ether oxygens (including phenoxy) is 2. The molecule has 0 aromatic carbocycles. The van der Waals surface area contributed by atoms with Crippen LogP contribution in [0.2, 0.25) is 0 Å². The van der Waals surface area contributed by atoms with Crippen molar-refractivity contribution in [2.45, 2.75) is 57.9 Å². The standard InChI is InChI=1S/C15H24N2O4S/c1-5-7-13(18)20-9-11-12(10-21-14(19)8-6-2)17(3)15(16-11)22-4/h5-10H2,1-4H3. The van der Waals surface area contributed by atoms with E-state index in [9.17, 15) is 9.59 Å². The molecule has 7 heteroatoms. The highest BCUT2D eigenvalue weighted by Gasteiger charge is 2.17. The van der Waals surface area contributed by atoms with E-state index in [2.05, 4.69) is 4.98 Å². The minimum absolute atomic E-state index is 0.105. The first-order chi connectivity index (χ1) is 10.5. The second kappa shape index (κ2) is 9.50. The van der Waals surface area contributed by atoms with Crippen LogP contribution in [0.25, 0.3) is 0 Å². The van der Waals surface area contributed by atoms with Crippen molar-refractivity contribution < 1.29 is 19.1 Å². The number of carbonyl (C=O) groups is 2. The Labute approximate surface area is 135 Å². The van der Waals surface area contributed by atoms with E-state index in [0.29, 0.717) is 18.5 Å². The van der Waals surface area contributed by atoms with Gasteiger partial charge in [-0.2, -0.15) is 0 Å². The van der Waals surface area contributed by atoms with Crippen molar-refractivity contribution in [2.75, 3.05) is 6.26 Å². The Morgan fingerprint density at radius 3 is 2.14 bits per heavy atom. The topological polar surface area (TPSA) is 70.4 Å². The molecule has 6 nitrogen and oxygen atoms in total. The zero-order valence-electron chi connectivity index (χ0n) is 13.7. The van der Waals surface area contributed by atoms with E-state index in [1.54, 1.807) is 0 Å². The fourth-order valence-corrected chi connectivity index (χ4v) is 2.48. The van der Waals surface area contributed by atoms with E-state index in [1.165, 1.54) is 11.8 Å². The lowest BCUT2D eigenvalue weighted by Crippen LogP contribution is -2.10. The van der Waals surface area contributed by atoms with Crippen LogP contribution in [0.1, 0.15) is 50.9 Å². The number of imidazole rings is 1. The summed E-state index contributed by atoms with van der Waals surface area (Å²) < 4.78 is 12.3. The highest BCUT2D eigenvalue weighted by Crippen LogP contribution is 2.20. The molecule has 0 unspecified atom stereocenters. The summed E-state index contributed by atoms with van der Waals surface area (Å²) in [4.78, 5) is 27.5. The number of esters is 2. The second-order valence-corrected chi connectivity index (χ2v) is 5.65. The van der Waals surface area contributed by atoms with Gasteiger partial charge in [0.15, 0.2) is 5.16 Å². The van der Waals surface area contributed by atoms with E-state index in [-0.39, 0.29) is 25.2 Å². The zero-order valence-corrected chi connectivity index (χ0v) is 14.5. The monoisotopic (exact) mass is 328 g/mol. The third kappa shape index (κ3) is 5.36. The molecule has 0 spiro atoms. The van der Waals surface area contributed by atoms with Crippen molar-refractivity contribution in [3.05, 3.63) is 11.4 Å². The summed E-state index contributed by atoms with van der Waals surface area (Å²) in [5.74, 6) is -0.476. The van der Waals surface area contributed by atoms with Gasteiger partial charge >= 0.3 is 11.9 Å². The molecule has 1 aromatic heterocycles. The fourth-order valence-electron chi connectivity index (χ4n) is 1.89. The normalized spacial score (nSPS) is 10.5. The lowest BCUT2D eigenvalue weighted by molar-refractivity contribution is -0.146. The van der Waals surface area contributed by atoms with Crippen LogP contribution >= 0.6 is 11.8 Å². The molecule has 0 saturated carbocycles. The molecular weight excluding hydrogens is 304 g/mol. The summed E-state index contributed by atoms with van der Waals surface area (Å²) in [6.07, 6.45) is 4.21. The quantitative estimate of drug-likeness (QED) is 0.513. The van der Waals surface area contributed by atoms with Gasteiger partial charge in [0.25, 0.3) is 0 Å². The van der Waals surface area contributed by atoms with Gasteiger partial charge < -0.3 is 14.0 Å². The molecule has 1 heterocycles. The van der Waals surface area contributed by atoms with E-state index >= 15 is 0 Å². The van der Waals surface area contributed by atoms with Crippen molar-refractivity contribution >= 4 is 23.7 Å². The first-order valence-electron chi connectivity index (χ1n) is 7.43. The maximum Gasteiger partial charge on any atom is 0.306 e. The van der Waals surface area contributed by atoms with Crippen molar-refractivity contribution in [1.82, 2.24) is 9.55 Å². The first-order valence-corrected chi connectivity index (χ1v) is 8.65. The molecule has 0 saturated heterocycles. The van der Waals surface area contributed by atoms with Crippen LogP contribution in [0.5, 0.6) is 0 Å². The molecule has 1 aromatic rings. The largest absolute Gasteiger partial charge is 0.459 e. The predicted octanol–water partition coefficient (Wildman–Crippen LogP) is 2.83. The van der Waals surface area contributed by atoms with Crippen molar-refractivity contribution in [2.24, 2.45) is 7.05 Å². The van der Waals surface area contributed by atoms with E-state index < -0.39 is 0 Å². The van der Waals surface area contributed by atoms with Crippen molar-refractivity contribution in [3.8, 4) is 0 Å². The van der Waals surface area contributed by atoms with Crippen LogP contribution in [0.4, 0.5) is 0 Å². The molecule has 0 aliphatic carbocycles. The summed E-state index contributed by atoms with van der Waals surface area (Å²) in [6, 6.07) is 0. The van der Waals surface area contributed by atoms with Gasteiger partial charge in [-0.1, -0.05) is 25.6 Å². The van der Waals surface area contributed by atoms with Gasteiger partial charge in [0.2, 0.25) is 0 Å². The van der Waals surface area contributed by atoms with Gasteiger partial charge in [-0.05, 0) is 19.1 Å². The number of hydrogen-bond donors (Lipinski definition) is 0. The minimum atomic E-state index is -0.243. The van der Waals surface area contributed by atoms with Crippen LogP contribution in [0.15, 0.2) is 5.16 Å². The number of thioether (sulfide) groups is 1. The van der Waals surface area contributed by atoms with Gasteiger partial charge in [0.05, 0.1) is 5.69 Å². The molecule has 0 amide bonds. The maximum atomic E-state index is 11.5. The number of aromatic nitrogens is 2. The van der Waals surface area contributed by atoms with Gasteiger partial charge in [-0.15, -0.1) is 0 Å². The minimum Gasteiger partial charge on any atom is -0.459 e. The van der Waals surface area contributed by atoms with Crippen molar-refractivity contribution in [3.63, 3.8) is 0 Å². The van der Waals surface area contributed by atoms with Crippen molar-refractivity contribution in [1.29, 1.82) is 0 Å². The fraction of sp³-hybridized carbons (Fsp3) is 0.667. The average molecular weight is 328 g/mol. The lowest BCUT2D eigenvalue weighted by Gasteiger charge is -2.08. The summed E-state index contributed by atoms with van der Waals surface area (Å²) >= 11 is 1.49. The van der Waals surface area contributed by atoms with Gasteiger partial charge in [0.1, 0.15) is 18.9 Å². The summed E-state index contributed by atoms with van der Waals surface area (Å²) in [5.41, 5.74) is 1.40. The van der Waals surface area contributed by atoms with Gasteiger partial charge in [-0.25, -0.2) is 4.98 Å². The predicted molar refractivity (Wildman–Crippen MR) is 84.4 cm³/mol. The Kier molecular flexibility index (Phi) is 8.01. The van der Waals surface area contributed by atoms with Crippen LogP contribution in [-0.2, 0) is 39.3 Å². The van der Waals surface area contributed by atoms with Crippen LogP contribution in [-0.4, -0.2) is 27.7 Å².